The molecule has 0 aliphatic heterocycles. The van der Waals surface area contributed by atoms with Crippen LogP contribution in [0.2, 0.25) is 0 Å². The van der Waals surface area contributed by atoms with Gasteiger partial charge in [0.2, 0.25) is 5.91 Å². The topological polar surface area (TPSA) is 69.8 Å². The third-order valence-corrected chi connectivity index (χ3v) is 2.43. The van der Waals surface area contributed by atoms with Crippen LogP contribution in [0.3, 0.4) is 0 Å². The molecule has 0 spiro atoms. The fraction of sp³-hybridized carbons (Fsp3) is 0.600. The molecule has 1 rings (SSSR count). The van der Waals surface area contributed by atoms with E-state index in [1.807, 2.05) is 13.8 Å². The zero-order valence-corrected chi connectivity index (χ0v) is 9.42. The van der Waals surface area contributed by atoms with Crippen molar-refractivity contribution in [3.8, 4) is 0 Å². The Bertz CT molecular complexity index is 305. The van der Waals surface area contributed by atoms with Crippen molar-refractivity contribution in [2.75, 3.05) is 13.6 Å². The normalized spacial score (nSPS) is 11.4. The molecule has 0 bridgehead atoms. The van der Waals surface area contributed by atoms with Crippen LogP contribution >= 0.6 is 0 Å². The average molecular weight is 210 g/mol. The maximum Gasteiger partial charge on any atom is 0.239 e. The van der Waals surface area contributed by atoms with E-state index < -0.39 is 5.54 Å². The predicted molar refractivity (Wildman–Crippen MR) is 58.4 cm³/mol. The second-order valence-electron chi connectivity index (χ2n) is 3.96. The van der Waals surface area contributed by atoms with Gasteiger partial charge in [0.15, 0.2) is 0 Å². The van der Waals surface area contributed by atoms with Gasteiger partial charge in [-0.2, -0.15) is 0 Å². The molecule has 15 heavy (non-hydrogen) atoms. The maximum atomic E-state index is 11.6. The highest BCUT2D eigenvalue weighted by atomic mass is 16.2. The van der Waals surface area contributed by atoms with Gasteiger partial charge in [-0.15, -0.1) is 0 Å². The molecule has 0 aromatic carbocycles. The van der Waals surface area contributed by atoms with Gasteiger partial charge in [0.25, 0.3) is 0 Å². The average Bonchev–Trinajstić information content (AvgIpc) is 2.70. The van der Waals surface area contributed by atoms with Crippen LogP contribution in [-0.4, -0.2) is 35.0 Å². The molecule has 1 aromatic rings. The lowest BCUT2D eigenvalue weighted by Gasteiger charge is -2.22. The van der Waals surface area contributed by atoms with Gasteiger partial charge in [-0.05, 0) is 20.9 Å². The van der Waals surface area contributed by atoms with Crippen LogP contribution in [0.25, 0.3) is 0 Å². The van der Waals surface area contributed by atoms with Crippen molar-refractivity contribution in [1.82, 2.24) is 20.6 Å². The fourth-order valence-corrected chi connectivity index (χ4v) is 1.07. The quantitative estimate of drug-likeness (QED) is 0.644. The van der Waals surface area contributed by atoms with Crippen molar-refractivity contribution in [2.45, 2.75) is 25.8 Å². The second-order valence-corrected chi connectivity index (χ2v) is 3.96. The number of imidazole rings is 1. The minimum Gasteiger partial charge on any atom is -0.354 e. The standard InChI is InChI=1S/C10H18N4O/c1-10(2,11-3)9(15)13-5-4-8-6-12-7-14-8/h6-7,11H,4-5H2,1-3H3,(H,12,14)(H,13,15). The maximum absolute atomic E-state index is 11.6. The molecule has 0 saturated heterocycles. The monoisotopic (exact) mass is 210 g/mol. The molecule has 0 fully saturated rings. The highest BCUT2D eigenvalue weighted by Gasteiger charge is 2.24. The lowest BCUT2D eigenvalue weighted by Crippen LogP contribution is -2.51. The van der Waals surface area contributed by atoms with Crippen molar-refractivity contribution in [2.24, 2.45) is 0 Å². The van der Waals surface area contributed by atoms with Gasteiger partial charge < -0.3 is 15.6 Å². The van der Waals surface area contributed by atoms with Gasteiger partial charge in [-0.3, -0.25) is 4.79 Å². The van der Waals surface area contributed by atoms with E-state index in [0.29, 0.717) is 6.54 Å². The Balaban J connectivity index is 2.29. The van der Waals surface area contributed by atoms with E-state index in [1.165, 1.54) is 0 Å². The Morgan fingerprint density at radius 2 is 2.33 bits per heavy atom. The number of amides is 1. The number of rotatable bonds is 5. The Hall–Kier alpha value is -1.36. The van der Waals surface area contributed by atoms with E-state index in [9.17, 15) is 4.79 Å². The molecule has 0 radical (unpaired) electrons. The number of H-pyrrole nitrogens is 1. The Morgan fingerprint density at radius 3 is 2.87 bits per heavy atom. The smallest absolute Gasteiger partial charge is 0.239 e. The number of carbonyl (C=O) groups excluding carboxylic acids is 1. The van der Waals surface area contributed by atoms with Crippen LogP contribution in [0, 0.1) is 0 Å². The first-order chi connectivity index (χ1) is 7.06. The summed E-state index contributed by atoms with van der Waals surface area (Å²) in [5.41, 5.74) is 0.506. The van der Waals surface area contributed by atoms with Crippen LogP contribution < -0.4 is 10.6 Å². The largest absolute Gasteiger partial charge is 0.354 e. The molecule has 0 saturated carbocycles. The highest BCUT2D eigenvalue weighted by Crippen LogP contribution is 2.00. The van der Waals surface area contributed by atoms with E-state index in [1.54, 1.807) is 19.6 Å². The number of hydrogen-bond donors (Lipinski definition) is 3. The zero-order chi connectivity index (χ0) is 11.3. The summed E-state index contributed by atoms with van der Waals surface area (Å²) < 4.78 is 0. The SMILES string of the molecule is CNC(C)(C)C(=O)NCCc1cnc[nH]1. The first-order valence-electron chi connectivity index (χ1n) is 5.00. The van der Waals surface area contributed by atoms with Crippen molar-refractivity contribution in [1.29, 1.82) is 0 Å². The third kappa shape index (κ3) is 3.36. The van der Waals surface area contributed by atoms with Crippen LogP contribution in [0.4, 0.5) is 0 Å². The fourth-order valence-electron chi connectivity index (χ4n) is 1.07. The summed E-state index contributed by atoms with van der Waals surface area (Å²) >= 11 is 0. The highest BCUT2D eigenvalue weighted by molar-refractivity contribution is 5.85. The molecule has 3 N–H and O–H groups in total. The Kier molecular flexibility index (Phi) is 3.85. The summed E-state index contributed by atoms with van der Waals surface area (Å²) in [6.45, 7) is 4.31. The molecular formula is C10H18N4O. The van der Waals surface area contributed by atoms with Crippen molar-refractivity contribution in [3.05, 3.63) is 18.2 Å². The van der Waals surface area contributed by atoms with E-state index in [2.05, 4.69) is 20.6 Å². The summed E-state index contributed by atoms with van der Waals surface area (Å²) in [5, 5.41) is 5.82. The van der Waals surface area contributed by atoms with Crippen molar-refractivity contribution >= 4 is 5.91 Å². The van der Waals surface area contributed by atoms with Crippen molar-refractivity contribution < 1.29 is 4.79 Å². The number of aromatic nitrogens is 2. The molecule has 0 atom stereocenters. The van der Waals surface area contributed by atoms with E-state index in [-0.39, 0.29) is 5.91 Å². The number of aromatic amines is 1. The lowest BCUT2D eigenvalue weighted by molar-refractivity contribution is -0.126. The molecule has 84 valence electrons. The molecule has 5 nitrogen and oxygen atoms in total. The summed E-state index contributed by atoms with van der Waals surface area (Å²) in [4.78, 5) is 18.5. The molecule has 1 aromatic heterocycles. The van der Waals surface area contributed by atoms with Gasteiger partial charge in [0, 0.05) is 24.9 Å². The second kappa shape index (κ2) is 4.93. The number of carbonyl (C=O) groups is 1. The van der Waals surface area contributed by atoms with Crippen LogP contribution in [0.15, 0.2) is 12.5 Å². The summed E-state index contributed by atoms with van der Waals surface area (Å²) in [6, 6.07) is 0. The first-order valence-corrected chi connectivity index (χ1v) is 5.00. The molecule has 0 aliphatic carbocycles. The molecule has 0 aliphatic rings. The van der Waals surface area contributed by atoms with Crippen LogP contribution in [0.1, 0.15) is 19.5 Å². The van der Waals surface area contributed by atoms with Gasteiger partial charge >= 0.3 is 0 Å². The molecule has 1 amide bonds. The minimum atomic E-state index is -0.520. The number of likely N-dealkylation sites (N-methyl/N-ethyl adjacent to an activating group) is 1. The summed E-state index contributed by atoms with van der Waals surface area (Å²) in [7, 11) is 1.77. The van der Waals surface area contributed by atoms with E-state index in [4.69, 9.17) is 0 Å². The zero-order valence-electron chi connectivity index (χ0n) is 9.42. The number of nitrogens with one attached hydrogen (secondary N) is 3. The van der Waals surface area contributed by atoms with Gasteiger partial charge in [-0.25, -0.2) is 4.98 Å². The molecule has 1 heterocycles. The number of hydrogen-bond acceptors (Lipinski definition) is 3. The molecular weight excluding hydrogens is 192 g/mol. The van der Waals surface area contributed by atoms with Gasteiger partial charge in [0.05, 0.1) is 11.9 Å². The third-order valence-electron chi connectivity index (χ3n) is 2.43. The minimum absolute atomic E-state index is 0.00418. The Labute approximate surface area is 89.7 Å². The van der Waals surface area contributed by atoms with Gasteiger partial charge in [-0.1, -0.05) is 0 Å². The van der Waals surface area contributed by atoms with E-state index in [0.717, 1.165) is 12.1 Å². The summed E-state index contributed by atoms with van der Waals surface area (Å²) in [6.07, 6.45) is 4.16. The van der Waals surface area contributed by atoms with Gasteiger partial charge in [0.1, 0.15) is 0 Å². The molecule has 0 unspecified atom stereocenters. The lowest BCUT2D eigenvalue weighted by atomic mass is 10.1. The number of nitrogens with zero attached hydrogens (tertiary/aromatic N) is 1. The summed E-state index contributed by atoms with van der Waals surface area (Å²) in [5.74, 6) is 0.00418. The Morgan fingerprint density at radius 1 is 1.60 bits per heavy atom. The van der Waals surface area contributed by atoms with E-state index >= 15 is 0 Å². The molecule has 5 heteroatoms. The predicted octanol–water partition coefficient (Wildman–Crippen LogP) is 0.0664. The van der Waals surface area contributed by atoms with Crippen LogP contribution in [-0.2, 0) is 11.2 Å². The first kappa shape index (κ1) is 11.7. The van der Waals surface area contributed by atoms with Crippen molar-refractivity contribution in [3.63, 3.8) is 0 Å². The van der Waals surface area contributed by atoms with Crippen LogP contribution in [0.5, 0.6) is 0 Å².